The average molecular weight is 400 g/mol. The molecular formula is C23H30FN3O2. The first kappa shape index (κ1) is 22.4. The summed E-state index contributed by atoms with van der Waals surface area (Å²) in [6.45, 7) is 6.15. The van der Waals surface area contributed by atoms with Crippen LogP contribution in [-0.2, 0) is 11.3 Å². The molecule has 0 aromatic heterocycles. The smallest absolute Gasteiger partial charge is 0.254 e. The number of carbonyl (C=O) groups is 2. The lowest BCUT2D eigenvalue weighted by Crippen LogP contribution is -2.38. The highest BCUT2D eigenvalue weighted by atomic mass is 19.1. The van der Waals surface area contributed by atoms with E-state index in [0.717, 1.165) is 17.7 Å². The highest BCUT2D eigenvalue weighted by Gasteiger charge is 2.23. The molecule has 1 atom stereocenters. The third-order valence-electron chi connectivity index (χ3n) is 4.96. The zero-order valence-electron chi connectivity index (χ0n) is 17.8. The minimum Gasteiger partial charge on any atom is -0.377 e. The van der Waals surface area contributed by atoms with Crippen molar-refractivity contribution < 1.29 is 14.0 Å². The molecule has 0 spiro atoms. The number of carbonyl (C=O) groups excluding carboxylic acids is 2. The molecule has 0 bridgehead atoms. The monoisotopic (exact) mass is 399 g/mol. The van der Waals surface area contributed by atoms with E-state index in [-0.39, 0.29) is 17.9 Å². The molecule has 0 unspecified atom stereocenters. The minimum absolute atomic E-state index is 0.0327. The fraction of sp³-hybridized carbons (Fsp3) is 0.391. The van der Waals surface area contributed by atoms with Gasteiger partial charge >= 0.3 is 0 Å². The molecule has 2 aromatic carbocycles. The Morgan fingerprint density at radius 1 is 1.10 bits per heavy atom. The van der Waals surface area contributed by atoms with Crippen molar-refractivity contribution in [3.05, 3.63) is 59.4 Å². The van der Waals surface area contributed by atoms with Crippen LogP contribution in [0.4, 0.5) is 15.8 Å². The SMILES string of the molecule is CCC(=O)Nc1ccc(N(C)C)c(CN(C(=O)c2cccc(F)c2)[C@H](C)CC)c1. The van der Waals surface area contributed by atoms with Crippen molar-refractivity contribution in [2.45, 2.75) is 46.2 Å². The lowest BCUT2D eigenvalue weighted by molar-refractivity contribution is -0.115. The van der Waals surface area contributed by atoms with Crippen molar-refractivity contribution in [1.29, 1.82) is 0 Å². The summed E-state index contributed by atoms with van der Waals surface area (Å²) in [5.74, 6) is -0.715. The van der Waals surface area contributed by atoms with E-state index in [0.29, 0.717) is 24.2 Å². The van der Waals surface area contributed by atoms with Gasteiger partial charge in [0.25, 0.3) is 5.91 Å². The van der Waals surface area contributed by atoms with Crippen LogP contribution >= 0.6 is 0 Å². The van der Waals surface area contributed by atoms with Crippen LogP contribution in [0.3, 0.4) is 0 Å². The molecule has 0 saturated carbocycles. The van der Waals surface area contributed by atoms with E-state index in [9.17, 15) is 14.0 Å². The summed E-state index contributed by atoms with van der Waals surface area (Å²) in [5, 5.41) is 2.87. The van der Waals surface area contributed by atoms with Gasteiger partial charge in [-0.1, -0.05) is 19.9 Å². The number of nitrogens with zero attached hydrogens (tertiary/aromatic N) is 2. The van der Waals surface area contributed by atoms with Crippen molar-refractivity contribution in [2.24, 2.45) is 0 Å². The molecule has 2 aromatic rings. The Labute approximate surface area is 172 Å². The normalized spacial score (nSPS) is 11.7. The predicted molar refractivity (Wildman–Crippen MR) is 116 cm³/mol. The van der Waals surface area contributed by atoms with Gasteiger partial charge in [0.1, 0.15) is 5.82 Å². The summed E-state index contributed by atoms with van der Waals surface area (Å²) >= 11 is 0. The number of hydrogen-bond donors (Lipinski definition) is 1. The lowest BCUT2D eigenvalue weighted by Gasteiger charge is -2.31. The molecule has 0 heterocycles. The molecule has 0 fully saturated rings. The van der Waals surface area contributed by atoms with Crippen LogP contribution in [0.15, 0.2) is 42.5 Å². The molecule has 0 saturated heterocycles. The summed E-state index contributed by atoms with van der Waals surface area (Å²) in [4.78, 5) is 28.7. The number of rotatable bonds is 8. The molecule has 6 heteroatoms. The molecule has 0 radical (unpaired) electrons. The Morgan fingerprint density at radius 3 is 2.41 bits per heavy atom. The van der Waals surface area contributed by atoms with Gasteiger partial charge in [0.15, 0.2) is 0 Å². The van der Waals surface area contributed by atoms with Crippen LogP contribution < -0.4 is 10.2 Å². The average Bonchev–Trinajstić information content (AvgIpc) is 2.70. The second-order valence-corrected chi connectivity index (χ2v) is 7.34. The van der Waals surface area contributed by atoms with Gasteiger partial charge in [-0.3, -0.25) is 9.59 Å². The van der Waals surface area contributed by atoms with E-state index >= 15 is 0 Å². The largest absolute Gasteiger partial charge is 0.377 e. The Bertz CT molecular complexity index is 867. The van der Waals surface area contributed by atoms with Crippen LogP contribution in [0, 0.1) is 5.82 Å². The Balaban J connectivity index is 2.42. The fourth-order valence-corrected chi connectivity index (χ4v) is 3.09. The maximum absolute atomic E-state index is 13.7. The number of amides is 2. The van der Waals surface area contributed by atoms with Gasteiger partial charge in [0.2, 0.25) is 5.91 Å². The first-order valence-electron chi connectivity index (χ1n) is 9.93. The Hall–Kier alpha value is -2.89. The van der Waals surface area contributed by atoms with E-state index < -0.39 is 5.82 Å². The van der Waals surface area contributed by atoms with Crippen LogP contribution in [0.1, 0.15) is 49.5 Å². The zero-order chi connectivity index (χ0) is 21.6. The highest BCUT2D eigenvalue weighted by Crippen LogP contribution is 2.26. The van der Waals surface area contributed by atoms with Crippen molar-refractivity contribution in [2.75, 3.05) is 24.3 Å². The van der Waals surface area contributed by atoms with Crippen molar-refractivity contribution in [3.8, 4) is 0 Å². The first-order chi connectivity index (χ1) is 13.8. The molecule has 29 heavy (non-hydrogen) atoms. The van der Waals surface area contributed by atoms with Crippen LogP contribution in [-0.4, -0.2) is 36.9 Å². The number of benzene rings is 2. The molecule has 5 nitrogen and oxygen atoms in total. The summed E-state index contributed by atoms with van der Waals surface area (Å²) in [5.41, 5.74) is 2.89. The molecule has 0 aliphatic carbocycles. The van der Waals surface area contributed by atoms with E-state index in [1.807, 2.05) is 51.0 Å². The van der Waals surface area contributed by atoms with Crippen LogP contribution in [0.2, 0.25) is 0 Å². The number of hydrogen-bond acceptors (Lipinski definition) is 3. The quantitative estimate of drug-likeness (QED) is 0.701. The highest BCUT2D eigenvalue weighted by molar-refractivity contribution is 5.94. The van der Waals surface area contributed by atoms with E-state index in [4.69, 9.17) is 0 Å². The third kappa shape index (κ3) is 5.79. The van der Waals surface area contributed by atoms with Crippen LogP contribution in [0.25, 0.3) is 0 Å². The van der Waals surface area contributed by atoms with Gasteiger partial charge in [0, 0.05) is 50.0 Å². The van der Waals surface area contributed by atoms with Gasteiger partial charge in [-0.25, -0.2) is 4.39 Å². The van der Waals surface area contributed by atoms with Gasteiger partial charge in [-0.05, 0) is 55.3 Å². The predicted octanol–water partition coefficient (Wildman–Crippen LogP) is 4.68. The lowest BCUT2D eigenvalue weighted by atomic mass is 10.1. The third-order valence-corrected chi connectivity index (χ3v) is 4.96. The van der Waals surface area contributed by atoms with Crippen molar-refractivity contribution >= 4 is 23.2 Å². The first-order valence-corrected chi connectivity index (χ1v) is 9.93. The minimum atomic E-state index is -0.432. The van der Waals surface area contributed by atoms with Crippen molar-refractivity contribution in [3.63, 3.8) is 0 Å². The molecule has 156 valence electrons. The fourth-order valence-electron chi connectivity index (χ4n) is 3.09. The maximum Gasteiger partial charge on any atom is 0.254 e. The molecule has 0 aliphatic rings. The summed E-state index contributed by atoms with van der Waals surface area (Å²) in [6.07, 6.45) is 1.16. The second-order valence-electron chi connectivity index (χ2n) is 7.34. The number of anilines is 2. The summed E-state index contributed by atoms with van der Waals surface area (Å²) < 4.78 is 13.7. The second kappa shape index (κ2) is 10.0. The topological polar surface area (TPSA) is 52.7 Å². The number of halogens is 1. The van der Waals surface area contributed by atoms with E-state index in [1.54, 1.807) is 24.0 Å². The summed E-state index contributed by atoms with van der Waals surface area (Å²) in [6, 6.07) is 11.4. The Kier molecular flexibility index (Phi) is 7.76. The molecule has 0 aliphatic heterocycles. The van der Waals surface area contributed by atoms with E-state index in [2.05, 4.69) is 5.32 Å². The van der Waals surface area contributed by atoms with Crippen molar-refractivity contribution in [1.82, 2.24) is 4.90 Å². The molecule has 2 amide bonds. The van der Waals surface area contributed by atoms with Gasteiger partial charge in [-0.2, -0.15) is 0 Å². The van der Waals surface area contributed by atoms with Gasteiger partial charge in [-0.15, -0.1) is 0 Å². The molecular weight excluding hydrogens is 369 g/mol. The zero-order valence-corrected chi connectivity index (χ0v) is 17.8. The Morgan fingerprint density at radius 2 is 1.83 bits per heavy atom. The van der Waals surface area contributed by atoms with Gasteiger partial charge < -0.3 is 15.1 Å². The standard InChI is InChI=1S/C23H30FN3O2/c1-6-16(3)27(23(29)17-9-8-10-19(24)13-17)15-18-14-20(25-22(28)7-2)11-12-21(18)26(4)5/h8-14,16H,6-7,15H2,1-5H3,(H,25,28)/t16-/m1/s1. The summed E-state index contributed by atoms with van der Waals surface area (Å²) in [7, 11) is 3.87. The molecule has 2 rings (SSSR count). The maximum atomic E-state index is 13.7. The molecule has 1 N–H and O–H groups in total. The van der Waals surface area contributed by atoms with Gasteiger partial charge in [0.05, 0.1) is 0 Å². The van der Waals surface area contributed by atoms with E-state index in [1.165, 1.54) is 12.1 Å². The van der Waals surface area contributed by atoms with Crippen LogP contribution in [0.5, 0.6) is 0 Å². The number of nitrogens with one attached hydrogen (secondary N) is 1.